The van der Waals surface area contributed by atoms with Crippen LogP contribution in [0.1, 0.15) is 86.9 Å². The minimum Gasteiger partial charge on any atom is -0.393 e. The molecule has 0 unspecified atom stereocenters. The van der Waals surface area contributed by atoms with Gasteiger partial charge in [-0.3, -0.25) is 0 Å². The molecule has 4 aliphatic rings. The molecule has 0 aliphatic heterocycles. The van der Waals surface area contributed by atoms with Gasteiger partial charge in [-0.25, -0.2) is 0 Å². The summed E-state index contributed by atoms with van der Waals surface area (Å²) in [5.74, 6) is 1.66. The minimum atomic E-state index is -4.54. The van der Waals surface area contributed by atoms with E-state index in [1.165, 1.54) is 0 Å². The maximum absolute atomic E-state index is 13.5. The highest BCUT2D eigenvalue weighted by molar-refractivity contribution is 5.11. The third-order valence-electron chi connectivity index (χ3n) is 10.6. The summed E-state index contributed by atoms with van der Waals surface area (Å²) in [7, 11) is 0. The van der Waals surface area contributed by atoms with Crippen molar-refractivity contribution in [2.75, 3.05) is 0 Å². The number of hydrogen-bond donors (Lipinski definition) is 2. The Morgan fingerprint density at radius 1 is 0.931 bits per heavy atom. The van der Waals surface area contributed by atoms with Crippen molar-refractivity contribution in [2.24, 2.45) is 46.3 Å². The van der Waals surface area contributed by atoms with E-state index in [0.717, 1.165) is 38.5 Å². The highest BCUT2D eigenvalue weighted by atomic mass is 19.4. The summed E-state index contributed by atoms with van der Waals surface area (Å²) in [6, 6.07) is 0. The van der Waals surface area contributed by atoms with Gasteiger partial charge in [0.15, 0.2) is 5.60 Å². The highest BCUT2D eigenvalue weighted by Gasteiger charge is 2.65. The zero-order valence-electron chi connectivity index (χ0n) is 19.4. The monoisotopic (exact) mass is 417 g/mol. The Balaban J connectivity index is 1.56. The van der Waals surface area contributed by atoms with Crippen LogP contribution in [0.3, 0.4) is 0 Å². The molecule has 4 rings (SSSR count). The largest absolute Gasteiger partial charge is 0.417 e. The fourth-order valence-electron chi connectivity index (χ4n) is 8.66. The number of hydrogen-bond acceptors (Lipinski definition) is 2. The minimum absolute atomic E-state index is 0.0615. The number of halogens is 3. The van der Waals surface area contributed by atoms with Gasteiger partial charge >= 0.3 is 6.18 Å². The number of rotatable bonds is 2. The Kier molecular flexibility index (Phi) is 4.87. The summed E-state index contributed by atoms with van der Waals surface area (Å²) >= 11 is 0. The Morgan fingerprint density at radius 3 is 2.21 bits per heavy atom. The summed E-state index contributed by atoms with van der Waals surface area (Å²) in [4.78, 5) is 0. The average molecular weight is 418 g/mol. The first-order valence-corrected chi connectivity index (χ1v) is 11.6. The van der Waals surface area contributed by atoms with Crippen LogP contribution in [0.2, 0.25) is 0 Å². The van der Waals surface area contributed by atoms with Gasteiger partial charge in [-0.05, 0) is 111 Å². The predicted octanol–water partition coefficient (Wildman–Crippen LogP) is 5.96. The van der Waals surface area contributed by atoms with E-state index in [9.17, 15) is 23.4 Å². The molecule has 5 heteroatoms. The van der Waals surface area contributed by atoms with E-state index in [-0.39, 0.29) is 35.5 Å². The quantitative estimate of drug-likeness (QED) is 0.582. The molecule has 0 saturated heterocycles. The van der Waals surface area contributed by atoms with Crippen molar-refractivity contribution >= 4 is 0 Å². The van der Waals surface area contributed by atoms with Crippen molar-refractivity contribution < 1.29 is 24.8 Å². The smallest absolute Gasteiger partial charge is 0.393 e. The Hall–Kier alpha value is -0.290. The van der Waals surface area contributed by atoms with E-state index in [1.54, 1.807) is 6.92 Å². The van der Waals surface area contributed by atoms with E-state index in [4.69, 9.17) is 1.37 Å². The molecule has 10 atom stereocenters. The van der Waals surface area contributed by atoms with E-state index in [1.807, 2.05) is 6.92 Å². The zero-order valence-corrected chi connectivity index (χ0v) is 18.4. The van der Waals surface area contributed by atoms with Crippen LogP contribution in [-0.4, -0.2) is 28.1 Å². The molecule has 0 aromatic rings. The topological polar surface area (TPSA) is 40.5 Å². The molecular weight excluding hydrogens is 377 g/mol. The number of alkyl halides is 3. The second-order valence-electron chi connectivity index (χ2n) is 11.5. The zero-order chi connectivity index (χ0) is 22.3. The van der Waals surface area contributed by atoms with Crippen molar-refractivity contribution in [3.8, 4) is 0 Å². The second kappa shape index (κ2) is 6.85. The van der Waals surface area contributed by atoms with E-state index in [0.29, 0.717) is 30.1 Å². The number of fused-ring (bicyclic) bond motifs is 5. The lowest BCUT2D eigenvalue weighted by atomic mass is 9.43. The Bertz CT molecular complexity index is 676. The lowest BCUT2D eigenvalue weighted by Gasteiger charge is -2.62. The first-order chi connectivity index (χ1) is 13.6. The molecule has 0 bridgehead atoms. The fraction of sp³-hybridized carbons (Fsp3) is 1.00. The molecule has 0 amide bonds. The van der Waals surface area contributed by atoms with Crippen LogP contribution in [0.5, 0.6) is 0 Å². The van der Waals surface area contributed by atoms with Crippen molar-refractivity contribution in [1.29, 1.82) is 0 Å². The fourth-order valence-corrected chi connectivity index (χ4v) is 8.66. The van der Waals surface area contributed by atoms with E-state index in [2.05, 4.69) is 13.8 Å². The molecular formula is C24H39F3O2. The number of aliphatic hydroxyl groups is 2. The van der Waals surface area contributed by atoms with Gasteiger partial charge < -0.3 is 10.2 Å². The first kappa shape index (κ1) is 20.6. The molecule has 0 spiro atoms. The molecule has 4 aliphatic carbocycles. The summed E-state index contributed by atoms with van der Waals surface area (Å²) in [6.45, 7) is 8.16. The molecule has 0 heterocycles. The van der Waals surface area contributed by atoms with Gasteiger partial charge in [0.2, 0.25) is 0 Å². The van der Waals surface area contributed by atoms with Gasteiger partial charge in [-0.2, -0.15) is 13.2 Å². The van der Waals surface area contributed by atoms with Crippen molar-refractivity contribution in [3.63, 3.8) is 0 Å². The summed E-state index contributed by atoms with van der Waals surface area (Å²) in [5.41, 5.74) is -2.52. The summed E-state index contributed by atoms with van der Waals surface area (Å²) in [5, 5.41) is 20.7. The molecule has 4 saturated carbocycles. The van der Waals surface area contributed by atoms with Gasteiger partial charge in [0.05, 0.1) is 7.45 Å². The van der Waals surface area contributed by atoms with Crippen LogP contribution in [0.4, 0.5) is 13.2 Å². The lowest BCUT2D eigenvalue weighted by molar-refractivity contribution is -0.290. The molecule has 29 heavy (non-hydrogen) atoms. The van der Waals surface area contributed by atoms with Gasteiger partial charge in [-0.1, -0.05) is 20.8 Å². The Morgan fingerprint density at radius 2 is 1.59 bits per heavy atom. The molecule has 0 radical (unpaired) electrons. The lowest BCUT2D eigenvalue weighted by Crippen LogP contribution is -2.59. The molecule has 0 aromatic carbocycles. The molecule has 4 fully saturated rings. The van der Waals surface area contributed by atoms with Crippen LogP contribution in [-0.2, 0) is 0 Å². The van der Waals surface area contributed by atoms with Crippen molar-refractivity contribution in [2.45, 2.75) is 103 Å². The third-order valence-corrected chi connectivity index (χ3v) is 10.6. The Labute approximate surface area is 175 Å². The molecule has 2 N–H and O–H groups in total. The van der Waals surface area contributed by atoms with Crippen LogP contribution in [0, 0.1) is 46.3 Å². The first-order valence-electron chi connectivity index (χ1n) is 12.1. The molecule has 0 aromatic heterocycles. The predicted molar refractivity (Wildman–Crippen MR) is 107 cm³/mol. The van der Waals surface area contributed by atoms with Gasteiger partial charge in [-0.15, -0.1) is 0 Å². The van der Waals surface area contributed by atoms with Crippen LogP contribution in [0.25, 0.3) is 0 Å². The molecule has 168 valence electrons. The normalized spacial score (nSPS) is 53.8. The van der Waals surface area contributed by atoms with Crippen LogP contribution < -0.4 is 0 Å². The second-order valence-corrected chi connectivity index (χ2v) is 11.5. The maximum atomic E-state index is 13.5. The standard InChI is InChI=1S/C24H39F3O2/c1-14(15(2)28)18-7-8-19-17-6-5-16-13-23(29,24(25,26)27)12-11-21(16,3)20(17)9-10-22(18,19)4/h14-20,28-29H,5-13H2,1-4H3/t14-,15-,16-,17+,18-,19+,20+,21+,22-,23-/m1/s1/i15D. The van der Waals surface area contributed by atoms with Gasteiger partial charge in [0.1, 0.15) is 0 Å². The van der Waals surface area contributed by atoms with Crippen molar-refractivity contribution in [3.05, 3.63) is 0 Å². The third kappa shape index (κ3) is 3.11. The van der Waals surface area contributed by atoms with Crippen LogP contribution >= 0.6 is 0 Å². The highest BCUT2D eigenvalue weighted by Crippen LogP contribution is 2.69. The summed E-state index contributed by atoms with van der Waals surface area (Å²) in [6.07, 6.45) is 0.108. The van der Waals surface area contributed by atoms with E-state index >= 15 is 0 Å². The maximum Gasteiger partial charge on any atom is 0.417 e. The molecule has 2 nitrogen and oxygen atoms in total. The van der Waals surface area contributed by atoms with Gasteiger partial charge in [0.25, 0.3) is 0 Å². The SMILES string of the molecule is [2H][C@](C)(O)[C@@H](C)[C@H]1CC[C@H]2[C@@H]3CC[C@@H]4C[C@@](O)(C(F)(F)F)CC[C@]4(C)[C@H]3CC[C@]12C. The van der Waals surface area contributed by atoms with Gasteiger partial charge in [0, 0.05) is 0 Å². The summed E-state index contributed by atoms with van der Waals surface area (Å²) < 4.78 is 48.7. The average Bonchev–Trinajstić information content (AvgIpc) is 2.97. The van der Waals surface area contributed by atoms with E-state index < -0.39 is 17.9 Å². The van der Waals surface area contributed by atoms with Crippen molar-refractivity contribution in [1.82, 2.24) is 0 Å². The van der Waals surface area contributed by atoms with Crippen LogP contribution in [0.15, 0.2) is 0 Å².